The summed E-state index contributed by atoms with van der Waals surface area (Å²) >= 11 is 0. The molecular formula is C16H24N4O4S2. The lowest BCUT2D eigenvalue weighted by molar-refractivity contribution is 0.510. The van der Waals surface area contributed by atoms with Crippen molar-refractivity contribution in [2.75, 3.05) is 32.9 Å². The Morgan fingerprint density at radius 2 is 1.65 bits per heavy atom. The molecule has 1 aliphatic rings. The van der Waals surface area contributed by atoms with Crippen molar-refractivity contribution in [2.45, 2.75) is 26.2 Å². The second-order valence-electron chi connectivity index (χ2n) is 6.91. The summed E-state index contributed by atoms with van der Waals surface area (Å²) < 4.78 is 56.3. The van der Waals surface area contributed by atoms with Crippen molar-refractivity contribution in [3.63, 3.8) is 0 Å². The Hall–Kier alpha value is -1.62. The van der Waals surface area contributed by atoms with Gasteiger partial charge in [-0.1, -0.05) is 0 Å². The molecule has 0 atom stereocenters. The maximum atomic E-state index is 12.9. The van der Waals surface area contributed by atoms with Crippen LogP contribution in [-0.4, -0.2) is 57.6 Å². The number of anilines is 1. The van der Waals surface area contributed by atoms with Gasteiger partial charge in [0.15, 0.2) is 0 Å². The summed E-state index contributed by atoms with van der Waals surface area (Å²) in [6.07, 6.45) is 2.36. The molecule has 2 aromatic rings. The molecule has 1 aromatic carbocycles. The van der Waals surface area contributed by atoms with Crippen LogP contribution >= 0.6 is 0 Å². The van der Waals surface area contributed by atoms with Gasteiger partial charge in [-0.2, -0.15) is 25.4 Å². The summed E-state index contributed by atoms with van der Waals surface area (Å²) in [6, 6.07) is 3.49. The zero-order chi connectivity index (χ0) is 19.4. The van der Waals surface area contributed by atoms with Gasteiger partial charge in [0.2, 0.25) is 0 Å². The Morgan fingerprint density at radius 3 is 2.23 bits per heavy atom. The van der Waals surface area contributed by atoms with Crippen LogP contribution in [0.5, 0.6) is 0 Å². The van der Waals surface area contributed by atoms with Crippen LogP contribution in [0, 0.1) is 6.92 Å². The lowest BCUT2D eigenvalue weighted by Gasteiger charge is -2.17. The molecule has 0 bridgehead atoms. The standard InChI is InChI=1S/C16H24N4O4S2/c1-11-9-16-13(10-14(11)17-25(21,22)18(2)3)12-7-6-8-15(12)20(16)26(23,24)19(4)5/h9-10,17H,6-8H2,1-5H3. The quantitative estimate of drug-likeness (QED) is 0.819. The molecule has 0 aliphatic heterocycles. The van der Waals surface area contributed by atoms with Crippen LogP contribution in [0.1, 0.15) is 23.2 Å². The highest BCUT2D eigenvalue weighted by Gasteiger charge is 2.30. The minimum atomic E-state index is -3.66. The predicted molar refractivity (Wildman–Crippen MR) is 103 cm³/mol. The monoisotopic (exact) mass is 400 g/mol. The Labute approximate surface area is 154 Å². The van der Waals surface area contributed by atoms with Crippen molar-refractivity contribution < 1.29 is 16.8 Å². The van der Waals surface area contributed by atoms with Gasteiger partial charge in [0.1, 0.15) is 0 Å². The highest BCUT2D eigenvalue weighted by molar-refractivity contribution is 7.90. The topological polar surface area (TPSA) is 91.7 Å². The van der Waals surface area contributed by atoms with Gasteiger partial charge in [-0.05, 0) is 49.4 Å². The maximum absolute atomic E-state index is 12.9. The summed E-state index contributed by atoms with van der Waals surface area (Å²) in [5.41, 5.74) is 3.49. The molecule has 0 unspecified atom stereocenters. The van der Waals surface area contributed by atoms with Gasteiger partial charge < -0.3 is 0 Å². The van der Waals surface area contributed by atoms with Crippen molar-refractivity contribution in [1.29, 1.82) is 0 Å². The van der Waals surface area contributed by atoms with Gasteiger partial charge in [-0.15, -0.1) is 0 Å². The fourth-order valence-corrected chi connectivity index (χ4v) is 5.14. The van der Waals surface area contributed by atoms with E-state index >= 15 is 0 Å². The fourth-order valence-electron chi connectivity index (χ4n) is 3.26. The summed E-state index contributed by atoms with van der Waals surface area (Å²) in [6.45, 7) is 1.76. The SMILES string of the molecule is Cc1cc2c(cc1NS(=O)(=O)N(C)C)c1c(n2S(=O)(=O)N(C)C)CCC1. The zero-order valence-corrected chi connectivity index (χ0v) is 17.2. The number of nitrogens with one attached hydrogen (secondary N) is 1. The third-order valence-electron chi connectivity index (χ3n) is 4.73. The lowest BCUT2D eigenvalue weighted by atomic mass is 10.1. The van der Waals surface area contributed by atoms with Gasteiger partial charge in [0, 0.05) is 39.3 Å². The minimum Gasteiger partial charge on any atom is -0.271 e. The van der Waals surface area contributed by atoms with E-state index in [9.17, 15) is 16.8 Å². The average molecular weight is 401 g/mol. The lowest BCUT2D eigenvalue weighted by Crippen LogP contribution is -2.30. The third-order valence-corrected chi connectivity index (χ3v) is 7.97. The van der Waals surface area contributed by atoms with E-state index in [0.717, 1.165) is 33.8 Å². The van der Waals surface area contributed by atoms with E-state index < -0.39 is 20.4 Å². The second-order valence-corrected chi connectivity index (χ2v) is 10.8. The van der Waals surface area contributed by atoms with Crippen molar-refractivity contribution in [2.24, 2.45) is 0 Å². The number of aromatic nitrogens is 1. The van der Waals surface area contributed by atoms with E-state index in [1.165, 1.54) is 36.5 Å². The summed E-state index contributed by atoms with van der Waals surface area (Å²) in [5.74, 6) is 0. The Bertz CT molecular complexity index is 1080. The Morgan fingerprint density at radius 1 is 1.00 bits per heavy atom. The van der Waals surface area contributed by atoms with Crippen LogP contribution in [0.2, 0.25) is 0 Å². The molecule has 1 aliphatic carbocycles. The van der Waals surface area contributed by atoms with Gasteiger partial charge in [-0.25, -0.2) is 3.97 Å². The molecule has 0 saturated heterocycles. The van der Waals surface area contributed by atoms with Crippen LogP contribution < -0.4 is 4.72 Å². The third kappa shape index (κ3) is 2.90. The van der Waals surface area contributed by atoms with E-state index in [1.54, 1.807) is 19.1 Å². The van der Waals surface area contributed by atoms with Gasteiger partial charge in [0.25, 0.3) is 0 Å². The number of nitrogens with zero attached hydrogens (tertiary/aromatic N) is 3. The second kappa shape index (κ2) is 6.22. The zero-order valence-electron chi connectivity index (χ0n) is 15.6. The van der Waals surface area contributed by atoms with Crippen LogP contribution in [0.15, 0.2) is 12.1 Å². The van der Waals surface area contributed by atoms with Crippen molar-refractivity contribution in [3.8, 4) is 0 Å². The smallest absolute Gasteiger partial charge is 0.271 e. The molecule has 1 aromatic heterocycles. The number of hydrogen-bond donors (Lipinski definition) is 1. The van der Waals surface area contributed by atoms with Crippen molar-refractivity contribution in [1.82, 2.24) is 12.6 Å². The Balaban J connectivity index is 2.28. The summed E-state index contributed by atoms with van der Waals surface area (Å²) in [5, 5.41) is 0.782. The van der Waals surface area contributed by atoms with Gasteiger partial charge >= 0.3 is 20.4 Å². The molecule has 8 nitrogen and oxygen atoms in total. The normalized spacial score (nSPS) is 15.2. The molecular weight excluding hydrogens is 376 g/mol. The molecule has 26 heavy (non-hydrogen) atoms. The highest BCUT2D eigenvalue weighted by Crippen LogP contribution is 2.37. The first-order valence-electron chi connectivity index (χ1n) is 8.27. The number of rotatable bonds is 5. The summed E-state index contributed by atoms with van der Waals surface area (Å²) in [7, 11) is -1.38. The molecule has 0 saturated carbocycles. The van der Waals surface area contributed by atoms with E-state index in [0.29, 0.717) is 23.2 Å². The van der Waals surface area contributed by atoms with Gasteiger partial charge in [-0.3, -0.25) is 4.72 Å². The molecule has 0 amide bonds. The van der Waals surface area contributed by atoms with Crippen LogP contribution in [0.25, 0.3) is 10.9 Å². The first-order chi connectivity index (χ1) is 12.0. The predicted octanol–water partition coefficient (Wildman–Crippen LogP) is 1.31. The first kappa shape index (κ1) is 19.2. The van der Waals surface area contributed by atoms with Crippen molar-refractivity contribution >= 4 is 37.0 Å². The van der Waals surface area contributed by atoms with Gasteiger partial charge in [0.05, 0.1) is 11.2 Å². The Kier molecular flexibility index (Phi) is 4.58. The molecule has 1 heterocycles. The largest absolute Gasteiger partial charge is 0.307 e. The first-order valence-corrected chi connectivity index (χ1v) is 11.1. The number of aryl methyl sites for hydroxylation is 2. The molecule has 0 spiro atoms. The molecule has 0 fully saturated rings. The summed E-state index contributed by atoms with van der Waals surface area (Å²) in [4.78, 5) is 0. The highest BCUT2D eigenvalue weighted by atomic mass is 32.2. The fraction of sp³-hybridized carbons (Fsp3) is 0.500. The molecule has 0 radical (unpaired) electrons. The van der Waals surface area contributed by atoms with E-state index in [-0.39, 0.29) is 0 Å². The number of fused-ring (bicyclic) bond motifs is 3. The van der Waals surface area contributed by atoms with Crippen LogP contribution in [0.3, 0.4) is 0 Å². The molecule has 10 heteroatoms. The average Bonchev–Trinajstić information content (AvgIpc) is 3.07. The maximum Gasteiger partial charge on any atom is 0.307 e. The van der Waals surface area contributed by atoms with Crippen molar-refractivity contribution in [3.05, 3.63) is 29.0 Å². The van der Waals surface area contributed by atoms with E-state index in [2.05, 4.69) is 4.72 Å². The molecule has 3 rings (SSSR count). The number of benzene rings is 1. The van der Waals surface area contributed by atoms with E-state index in [1.807, 2.05) is 0 Å². The minimum absolute atomic E-state index is 0.459. The van der Waals surface area contributed by atoms with Crippen LogP contribution in [-0.2, 0) is 33.3 Å². The molecule has 1 N–H and O–H groups in total. The number of hydrogen-bond acceptors (Lipinski definition) is 4. The van der Waals surface area contributed by atoms with Crippen LogP contribution in [0.4, 0.5) is 5.69 Å². The molecule has 144 valence electrons. The van der Waals surface area contributed by atoms with E-state index in [4.69, 9.17) is 0 Å².